The first-order valence-electron chi connectivity index (χ1n) is 9.20. The second kappa shape index (κ2) is 8.75. The number of methoxy groups -OCH3 is 1. The molecule has 0 aliphatic carbocycles. The van der Waals surface area contributed by atoms with Crippen molar-refractivity contribution in [2.24, 2.45) is 0 Å². The molecular weight excluding hydrogens is 384 g/mol. The van der Waals surface area contributed by atoms with E-state index in [0.717, 1.165) is 32.1 Å². The van der Waals surface area contributed by atoms with Gasteiger partial charge in [-0.3, -0.25) is 4.79 Å². The number of aromatic nitrogens is 1. The zero-order valence-corrected chi connectivity index (χ0v) is 16.7. The fourth-order valence-corrected chi connectivity index (χ4v) is 3.90. The van der Waals surface area contributed by atoms with Crippen LogP contribution in [0, 0.1) is 0 Å². The van der Waals surface area contributed by atoms with E-state index in [1.165, 1.54) is 0 Å². The monoisotopic (exact) mass is 404 g/mol. The topological polar surface area (TPSA) is 60.5 Å². The zero-order chi connectivity index (χ0) is 20.1. The van der Waals surface area contributed by atoms with Crippen molar-refractivity contribution >= 4 is 27.5 Å². The Labute approximate surface area is 172 Å². The molecule has 0 atom stereocenters. The van der Waals surface area contributed by atoms with Crippen molar-refractivity contribution in [3.8, 4) is 22.1 Å². The van der Waals surface area contributed by atoms with Crippen molar-refractivity contribution in [3.05, 3.63) is 78.4 Å². The Balaban J connectivity index is 1.32. The predicted octanol–water partition coefficient (Wildman–Crippen LogP) is 4.67. The number of carbonyl (C=O) groups is 1. The minimum Gasteiger partial charge on any atom is -0.496 e. The van der Waals surface area contributed by atoms with E-state index in [4.69, 9.17) is 9.47 Å². The number of rotatable bonds is 7. The molecule has 5 nitrogen and oxygen atoms in total. The number of amides is 1. The number of para-hydroxylation sites is 2. The van der Waals surface area contributed by atoms with Gasteiger partial charge in [-0.2, -0.15) is 0 Å². The Kier molecular flexibility index (Phi) is 5.72. The molecule has 3 aromatic carbocycles. The molecule has 0 bridgehead atoms. The van der Waals surface area contributed by atoms with Gasteiger partial charge in [0.2, 0.25) is 0 Å². The molecule has 0 unspecified atom stereocenters. The van der Waals surface area contributed by atoms with E-state index in [9.17, 15) is 4.79 Å². The molecule has 4 aromatic rings. The maximum atomic E-state index is 12.1. The summed E-state index contributed by atoms with van der Waals surface area (Å²) in [6.07, 6.45) is 0. The molecule has 29 heavy (non-hydrogen) atoms. The van der Waals surface area contributed by atoms with Crippen molar-refractivity contribution < 1.29 is 14.3 Å². The number of hydrogen-bond donors (Lipinski definition) is 1. The van der Waals surface area contributed by atoms with Gasteiger partial charge in [0.05, 0.1) is 17.3 Å². The lowest BCUT2D eigenvalue weighted by Crippen LogP contribution is -2.28. The lowest BCUT2D eigenvalue weighted by atomic mass is 10.2. The van der Waals surface area contributed by atoms with Crippen LogP contribution in [-0.2, 0) is 11.3 Å². The number of thiazole rings is 1. The molecule has 6 heteroatoms. The molecule has 1 N–H and O–H groups in total. The van der Waals surface area contributed by atoms with Gasteiger partial charge in [-0.05, 0) is 42.5 Å². The maximum absolute atomic E-state index is 12.1. The molecule has 0 aliphatic heterocycles. The van der Waals surface area contributed by atoms with Gasteiger partial charge < -0.3 is 14.8 Å². The van der Waals surface area contributed by atoms with Crippen molar-refractivity contribution in [1.82, 2.24) is 10.3 Å². The van der Waals surface area contributed by atoms with Crippen molar-refractivity contribution in [1.29, 1.82) is 0 Å². The first kappa shape index (κ1) is 19.0. The fraction of sp³-hybridized carbons (Fsp3) is 0.130. The van der Waals surface area contributed by atoms with Crippen LogP contribution in [-0.4, -0.2) is 24.6 Å². The van der Waals surface area contributed by atoms with Gasteiger partial charge in [0, 0.05) is 17.7 Å². The molecule has 1 aromatic heterocycles. The van der Waals surface area contributed by atoms with Crippen LogP contribution >= 0.6 is 11.3 Å². The van der Waals surface area contributed by atoms with E-state index in [1.54, 1.807) is 18.4 Å². The van der Waals surface area contributed by atoms with Gasteiger partial charge >= 0.3 is 0 Å². The van der Waals surface area contributed by atoms with E-state index in [1.807, 2.05) is 66.7 Å². The summed E-state index contributed by atoms with van der Waals surface area (Å²) >= 11 is 1.66. The van der Waals surface area contributed by atoms with Crippen LogP contribution in [0.2, 0.25) is 0 Å². The summed E-state index contributed by atoms with van der Waals surface area (Å²) < 4.78 is 12.1. The summed E-state index contributed by atoms with van der Waals surface area (Å²) in [6, 6.07) is 23.3. The third kappa shape index (κ3) is 4.55. The minimum absolute atomic E-state index is 0.0460. The van der Waals surface area contributed by atoms with Crippen LogP contribution in [0.3, 0.4) is 0 Å². The highest BCUT2D eigenvalue weighted by Gasteiger charge is 2.08. The number of carbonyl (C=O) groups excluding carboxylic acids is 1. The number of benzene rings is 3. The van der Waals surface area contributed by atoms with E-state index < -0.39 is 0 Å². The molecule has 146 valence electrons. The fourth-order valence-electron chi connectivity index (χ4n) is 2.93. The highest BCUT2D eigenvalue weighted by molar-refractivity contribution is 7.21. The molecule has 0 fully saturated rings. The van der Waals surface area contributed by atoms with Gasteiger partial charge in [-0.25, -0.2) is 4.98 Å². The number of fused-ring (bicyclic) bond motifs is 1. The number of hydrogen-bond acceptors (Lipinski definition) is 5. The van der Waals surface area contributed by atoms with Crippen LogP contribution in [0.1, 0.15) is 5.56 Å². The molecular formula is C23H20N2O3S. The van der Waals surface area contributed by atoms with Crippen LogP contribution < -0.4 is 14.8 Å². The number of nitrogens with zero attached hydrogens (tertiary/aromatic N) is 1. The summed E-state index contributed by atoms with van der Waals surface area (Å²) in [5.41, 5.74) is 2.95. The molecule has 0 spiro atoms. The molecule has 1 heterocycles. The standard InChI is InChI=1S/C23H20N2O3S/c1-27-20-8-4-2-6-17(20)14-24-22(26)15-28-18-12-10-16(11-13-18)23-25-19-7-3-5-9-21(19)29-23/h2-13H,14-15H2,1H3,(H,24,26). The third-order valence-electron chi connectivity index (χ3n) is 4.43. The Hall–Kier alpha value is -3.38. The summed E-state index contributed by atoms with van der Waals surface area (Å²) in [5.74, 6) is 1.20. The third-order valence-corrected chi connectivity index (χ3v) is 5.52. The molecule has 0 radical (unpaired) electrons. The molecule has 0 saturated heterocycles. The van der Waals surface area contributed by atoms with Gasteiger partial charge in [-0.1, -0.05) is 30.3 Å². The van der Waals surface area contributed by atoms with Crippen LogP contribution in [0.5, 0.6) is 11.5 Å². The van der Waals surface area contributed by atoms with E-state index in [0.29, 0.717) is 12.3 Å². The van der Waals surface area contributed by atoms with Crippen molar-refractivity contribution in [3.63, 3.8) is 0 Å². The number of ether oxygens (including phenoxy) is 2. The second-order valence-corrected chi connectivity index (χ2v) is 7.42. The summed E-state index contributed by atoms with van der Waals surface area (Å²) in [5, 5.41) is 3.81. The molecule has 1 amide bonds. The lowest BCUT2D eigenvalue weighted by Gasteiger charge is -2.10. The highest BCUT2D eigenvalue weighted by Crippen LogP contribution is 2.30. The maximum Gasteiger partial charge on any atom is 0.258 e. The van der Waals surface area contributed by atoms with Gasteiger partial charge in [-0.15, -0.1) is 11.3 Å². The number of nitrogens with one attached hydrogen (secondary N) is 1. The van der Waals surface area contributed by atoms with E-state index >= 15 is 0 Å². The average molecular weight is 404 g/mol. The smallest absolute Gasteiger partial charge is 0.258 e. The molecule has 0 saturated carbocycles. The highest BCUT2D eigenvalue weighted by atomic mass is 32.1. The van der Waals surface area contributed by atoms with Crippen LogP contribution in [0.25, 0.3) is 20.8 Å². The predicted molar refractivity (Wildman–Crippen MR) is 115 cm³/mol. The molecule has 0 aliphatic rings. The Morgan fingerprint density at radius 1 is 1.00 bits per heavy atom. The first-order chi connectivity index (χ1) is 14.2. The SMILES string of the molecule is COc1ccccc1CNC(=O)COc1ccc(-c2nc3ccccc3s2)cc1. The normalized spacial score (nSPS) is 10.7. The van der Waals surface area contributed by atoms with Crippen LogP contribution in [0.15, 0.2) is 72.8 Å². The van der Waals surface area contributed by atoms with Crippen molar-refractivity contribution in [2.45, 2.75) is 6.54 Å². The molecule has 4 rings (SSSR count). The quantitative estimate of drug-likeness (QED) is 0.486. The van der Waals surface area contributed by atoms with Crippen molar-refractivity contribution in [2.75, 3.05) is 13.7 Å². The van der Waals surface area contributed by atoms with E-state index in [2.05, 4.69) is 16.4 Å². The Bertz CT molecular complexity index is 1090. The Morgan fingerprint density at radius 3 is 2.55 bits per heavy atom. The van der Waals surface area contributed by atoms with Gasteiger partial charge in [0.25, 0.3) is 5.91 Å². The van der Waals surface area contributed by atoms with Crippen LogP contribution in [0.4, 0.5) is 0 Å². The Morgan fingerprint density at radius 2 is 1.76 bits per heavy atom. The summed E-state index contributed by atoms with van der Waals surface area (Å²) in [4.78, 5) is 16.7. The zero-order valence-electron chi connectivity index (χ0n) is 15.9. The van der Waals surface area contributed by atoms with Gasteiger partial charge in [0.15, 0.2) is 6.61 Å². The van der Waals surface area contributed by atoms with Gasteiger partial charge in [0.1, 0.15) is 16.5 Å². The van der Waals surface area contributed by atoms with E-state index in [-0.39, 0.29) is 12.5 Å². The summed E-state index contributed by atoms with van der Waals surface area (Å²) in [7, 11) is 1.61. The minimum atomic E-state index is -0.189. The lowest BCUT2D eigenvalue weighted by molar-refractivity contribution is -0.123. The first-order valence-corrected chi connectivity index (χ1v) is 10.0. The largest absolute Gasteiger partial charge is 0.496 e. The average Bonchev–Trinajstić information content (AvgIpc) is 3.21. The summed E-state index contributed by atoms with van der Waals surface area (Å²) in [6.45, 7) is 0.346. The second-order valence-electron chi connectivity index (χ2n) is 6.39.